The molecule has 2 N–H and O–H groups in total. The molecule has 0 bridgehead atoms. The molecule has 8 heteroatoms. The lowest BCUT2D eigenvalue weighted by atomic mass is 9.93. The van der Waals surface area contributed by atoms with Crippen LogP contribution >= 0.6 is 35.6 Å². The molecule has 0 atom stereocenters. The molecule has 1 saturated carbocycles. The summed E-state index contributed by atoms with van der Waals surface area (Å²) >= 11 is 5.90. The highest BCUT2D eigenvalue weighted by Crippen LogP contribution is 2.24. The molecule has 0 amide bonds. The zero-order chi connectivity index (χ0) is 15.2. The number of aliphatic imine (C=N–C) groups is 1. The Labute approximate surface area is 150 Å². The number of hydrogen-bond acceptors (Lipinski definition) is 2. The van der Waals surface area contributed by atoms with Crippen LogP contribution in [0.15, 0.2) is 23.2 Å². The Hall–Kier alpha value is -0.830. The van der Waals surface area contributed by atoms with Gasteiger partial charge in [0.05, 0.1) is 0 Å². The molecule has 22 heavy (non-hydrogen) atoms. The van der Waals surface area contributed by atoms with Gasteiger partial charge in [-0.1, -0.05) is 11.6 Å². The molecule has 0 unspecified atom stereocenters. The highest BCUT2D eigenvalue weighted by Gasteiger charge is 2.18. The monoisotopic (exact) mass is 445 g/mol. The first-order chi connectivity index (χ1) is 10.1. The first-order valence-electron chi connectivity index (χ1n) is 6.79. The van der Waals surface area contributed by atoms with Crippen molar-refractivity contribution in [2.45, 2.75) is 38.5 Å². The van der Waals surface area contributed by atoms with Crippen molar-refractivity contribution < 1.29 is 13.5 Å². The molecule has 2 rings (SSSR count). The number of halogens is 4. The smallest absolute Gasteiger partial charge is 0.387 e. The predicted octanol–water partition coefficient (Wildman–Crippen LogP) is 3.78. The summed E-state index contributed by atoms with van der Waals surface area (Å²) in [5.74, 6) is 0.753. The van der Waals surface area contributed by atoms with Crippen LogP contribution in [0.4, 0.5) is 8.78 Å². The lowest BCUT2D eigenvalue weighted by Gasteiger charge is -2.28. The zero-order valence-electron chi connectivity index (χ0n) is 12.1. The van der Waals surface area contributed by atoms with Crippen molar-refractivity contribution in [1.29, 1.82) is 0 Å². The number of alkyl halides is 2. The average molecular weight is 446 g/mol. The van der Waals surface area contributed by atoms with Crippen LogP contribution < -0.4 is 15.4 Å². The van der Waals surface area contributed by atoms with E-state index in [1.165, 1.54) is 18.6 Å². The fourth-order valence-electron chi connectivity index (χ4n) is 2.02. The van der Waals surface area contributed by atoms with Crippen molar-refractivity contribution in [3.05, 3.63) is 28.8 Å². The molecule has 0 heterocycles. The van der Waals surface area contributed by atoms with Gasteiger partial charge < -0.3 is 15.4 Å². The third-order valence-electron chi connectivity index (χ3n) is 3.35. The van der Waals surface area contributed by atoms with Crippen molar-refractivity contribution >= 4 is 41.5 Å². The Balaban J connectivity index is 0.00000242. The molecular formula is C14H19ClF2IN3O. The van der Waals surface area contributed by atoms with Crippen LogP contribution in [0.3, 0.4) is 0 Å². The van der Waals surface area contributed by atoms with Crippen molar-refractivity contribution in [2.24, 2.45) is 4.99 Å². The number of benzene rings is 1. The van der Waals surface area contributed by atoms with E-state index in [-0.39, 0.29) is 29.7 Å². The summed E-state index contributed by atoms with van der Waals surface area (Å²) in [5.41, 5.74) is 0.555. The van der Waals surface area contributed by atoms with E-state index in [2.05, 4.69) is 20.4 Å². The molecule has 0 saturated heterocycles. The van der Waals surface area contributed by atoms with E-state index < -0.39 is 6.61 Å². The summed E-state index contributed by atoms with van der Waals surface area (Å²) < 4.78 is 29.2. The summed E-state index contributed by atoms with van der Waals surface area (Å²) in [6.07, 6.45) is 3.46. The highest BCUT2D eigenvalue weighted by atomic mass is 127. The maximum atomic E-state index is 12.4. The molecule has 0 radical (unpaired) electrons. The first-order valence-corrected chi connectivity index (χ1v) is 7.16. The summed E-state index contributed by atoms with van der Waals surface area (Å²) in [5, 5.41) is 6.81. The average Bonchev–Trinajstić information content (AvgIpc) is 2.39. The Morgan fingerprint density at radius 3 is 2.73 bits per heavy atom. The molecule has 1 fully saturated rings. The minimum atomic E-state index is -2.86. The number of hydrogen-bond donors (Lipinski definition) is 2. The van der Waals surface area contributed by atoms with Gasteiger partial charge in [0.1, 0.15) is 5.75 Å². The van der Waals surface area contributed by atoms with Gasteiger partial charge in [0, 0.05) is 30.2 Å². The van der Waals surface area contributed by atoms with Gasteiger partial charge in [-0.3, -0.25) is 4.99 Å². The summed E-state index contributed by atoms with van der Waals surface area (Å²) in [7, 11) is 1.67. The molecule has 0 aliphatic heterocycles. The van der Waals surface area contributed by atoms with Gasteiger partial charge in [0.15, 0.2) is 5.96 Å². The van der Waals surface area contributed by atoms with Crippen molar-refractivity contribution in [3.63, 3.8) is 0 Å². The number of nitrogens with one attached hydrogen (secondary N) is 2. The van der Waals surface area contributed by atoms with Crippen LogP contribution in [0.2, 0.25) is 5.02 Å². The molecule has 1 aromatic rings. The van der Waals surface area contributed by atoms with Crippen LogP contribution in [-0.4, -0.2) is 25.7 Å². The maximum absolute atomic E-state index is 12.4. The molecule has 0 spiro atoms. The predicted molar refractivity (Wildman–Crippen MR) is 94.5 cm³/mol. The Bertz CT molecular complexity index is 513. The van der Waals surface area contributed by atoms with Gasteiger partial charge in [0.25, 0.3) is 0 Å². The quantitative estimate of drug-likeness (QED) is 0.412. The number of nitrogens with zero attached hydrogens (tertiary/aromatic N) is 1. The normalized spacial score (nSPS) is 15.0. The largest absolute Gasteiger partial charge is 0.434 e. The third kappa shape index (κ3) is 5.75. The summed E-state index contributed by atoms with van der Waals surface area (Å²) in [6, 6.07) is 4.99. The topological polar surface area (TPSA) is 45.7 Å². The Morgan fingerprint density at radius 2 is 2.18 bits per heavy atom. The Morgan fingerprint density at radius 1 is 1.45 bits per heavy atom. The summed E-state index contributed by atoms with van der Waals surface area (Å²) in [4.78, 5) is 4.11. The van der Waals surface area contributed by atoms with Crippen molar-refractivity contribution in [2.75, 3.05) is 7.05 Å². The summed E-state index contributed by atoms with van der Waals surface area (Å²) in [6.45, 7) is -2.56. The van der Waals surface area contributed by atoms with Crippen LogP contribution in [0.5, 0.6) is 5.75 Å². The van der Waals surface area contributed by atoms with Crippen molar-refractivity contribution in [1.82, 2.24) is 10.6 Å². The van der Waals surface area contributed by atoms with E-state index in [0.29, 0.717) is 29.1 Å². The first kappa shape index (κ1) is 19.2. The minimum absolute atomic E-state index is 0. The molecular weight excluding hydrogens is 427 g/mol. The second kappa shape index (κ2) is 9.34. The standard InChI is InChI=1S/C14H18ClF2N3O.HI/c1-18-14(20-11-3-2-4-11)19-8-9-7-10(15)5-6-12(9)21-13(16)17;/h5-7,11,13H,2-4,8H2,1H3,(H2,18,19,20);1H. The lowest BCUT2D eigenvalue weighted by molar-refractivity contribution is -0.0504. The number of guanidine groups is 1. The van der Waals surface area contributed by atoms with Crippen LogP contribution in [0.25, 0.3) is 0 Å². The molecule has 0 aromatic heterocycles. The van der Waals surface area contributed by atoms with E-state index in [0.717, 1.165) is 12.8 Å². The second-order valence-corrected chi connectivity index (χ2v) is 5.26. The molecule has 1 aliphatic carbocycles. The minimum Gasteiger partial charge on any atom is -0.434 e. The molecule has 4 nitrogen and oxygen atoms in total. The van der Waals surface area contributed by atoms with Gasteiger partial charge in [-0.2, -0.15) is 8.78 Å². The zero-order valence-corrected chi connectivity index (χ0v) is 15.2. The number of rotatable bonds is 5. The van der Waals surface area contributed by atoms with E-state index in [4.69, 9.17) is 11.6 Å². The Kier molecular flexibility index (Phi) is 8.16. The van der Waals surface area contributed by atoms with Gasteiger partial charge >= 0.3 is 6.61 Å². The van der Waals surface area contributed by atoms with Crippen molar-refractivity contribution in [3.8, 4) is 5.75 Å². The number of ether oxygens (including phenoxy) is 1. The van der Waals surface area contributed by atoms with E-state index in [1.54, 1.807) is 13.1 Å². The van der Waals surface area contributed by atoms with Gasteiger partial charge in [-0.15, -0.1) is 24.0 Å². The van der Waals surface area contributed by atoms with E-state index in [9.17, 15) is 8.78 Å². The van der Waals surface area contributed by atoms with E-state index >= 15 is 0 Å². The molecule has 1 aromatic carbocycles. The fourth-order valence-corrected chi connectivity index (χ4v) is 2.21. The molecule has 124 valence electrons. The maximum Gasteiger partial charge on any atom is 0.387 e. The molecule has 1 aliphatic rings. The van der Waals surface area contributed by atoms with Gasteiger partial charge in [-0.05, 0) is 37.5 Å². The van der Waals surface area contributed by atoms with Crippen LogP contribution in [-0.2, 0) is 6.54 Å². The lowest BCUT2D eigenvalue weighted by Crippen LogP contribution is -2.46. The van der Waals surface area contributed by atoms with Crippen LogP contribution in [0.1, 0.15) is 24.8 Å². The van der Waals surface area contributed by atoms with E-state index in [1.807, 2.05) is 0 Å². The van der Waals surface area contributed by atoms with Gasteiger partial charge in [-0.25, -0.2) is 0 Å². The fraction of sp³-hybridized carbons (Fsp3) is 0.500. The third-order valence-corrected chi connectivity index (χ3v) is 3.59. The van der Waals surface area contributed by atoms with Gasteiger partial charge in [0.2, 0.25) is 0 Å². The van der Waals surface area contributed by atoms with Crippen LogP contribution in [0, 0.1) is 0 Å². The SMILES string of the molecule is CN=C(NCc1cc(Cl)ccc1OC(F)F)NC1CCC1.I. The highest BCUT2D eigenvalue weighted by molar-refractivity contribution is 14.0. The second-order valence-electron chi connectivity index (χ2n) is 4.83.